The van der Waals surface area contributed by atoms with Gasteiger partial charge in [0.2, 0.25) is 0 Å². The van der Waals surface area contributed by atoms with Crippen molar-refractivity contribution in [3.8, 4) is 23.3 Å². The van der Waals surface area contributed by atoms with Gasteiger partial charge in [0.1, 0.15) is 0 Å². The Morgan fingerprint density at radius 2 is 0.600 bits per heavy atom. The minimum Gasteiger partial charge on any atom is -0.311 e. The number of para-hydroxylation sites is 2. The van der Waals surface area contributed by atoms with Gasteiger partial charge in [0.15, 0.2) is 0 Å². The van der Waals surface area contributed by atoms with Crippen molar-refractivity contribution < 1.29 is 0 Å². The molecular formula is C46H32N4. The summed E-state index contributed by atoms with van der Waals surface area (Å²) >= 11 is 0. The normalized spacial score (nSPS) is 10.7. The SMILES string of the molecule is N#Cc1ccc(N(c2ccc(C#N)cc2)c2ccc(-c3ccc(C=Cc4ccc(N(c5ccccc5)c5ccccc5)cc4)cc3)cc2)cc1. The van der Waals surface area contributed by atoms with E-state index in [9.17, 15) is 10.5 Å². The number of hydrogen-bond acceptors (Lipinski definition) is 4. The van der Waals surface area contributed by atoms with Crippen molar-refractivity contribution in [1.29, 1.82) is 10.5 Å². The van der Waals surface area contributed by atoms with Gasteiger partial charge >= 0.3 is 0 Å². The smallest absolute Gasteiger partial charge is 0.0991 e. The Morgan fingerprint density at radius 3 is 0.960 bits per heavy atom. The fourth-order valence-electron chi connectivity index (χ4n) is 5.94. The molecule has 7 aromatic carbocycles. The first-order valence-corrected chi connectivity index (χ1v) is 16.4. The van der Waals surface area contributed by atoms with Crippen LogP contribution in [-0.4, -0.2) is 0 Å². The molecule has 0 fully saturated rings. The number of benzene rings is 7. The van der Waals surface area contributed by atoms with Crippen LogP contribution in [0.25, 0.3) is 23.3 Å². The minimum atomic E-state index is 0.606. The lowest BCUT2D eigenvalue weighted by molar-refractivity contribution is 1.28. The van der Waals surface area contributed by atoms with E-state index >= 15 is 0 Å². The summed E-state index contributed by atoms with van der Waals surface area (Å²) in [7, 11) is 0. The fourth-order valence-corrected chi connectivity index (χ4v) is 5.94. The van der Waals surface area contributed by atoms with Crippen LogP contribution in [0.4, 0.5) is 34.1 Å². The molecule has 50 heavy (non-hydrogen) atoms. The molecule has 0 saturated carbocycles. The van der Waals surface area contributed by atoms with Gasteiger partial charge in [0, 0.05) is 34.1 Å². The first kappa shape index (κ1) is 31.5. The third-order valence-corrected chi connectivity index (χ3v) is 8.53. The molecule has 0 saturated heterocycles. The Labute approximate surface area is 293 Å². The van der Waals surface area contributed by atoms with Crippen LogP contribution >= 0.6 is 0 Å². The van der Waals surface area contributed by atoms with Crippen LogP contribution in [0.3, 0.4) is 0 Å². The van der Waals surface area contributed by atoms with E-state index in [-0.39, 0.29) is 0 Å². The average Bonchev–Trinajstić information content (AvgIpc) is 3.20. The summed E-state index contributed by atoms with van der Waals surface area (Å²) in [4.78, 5) is 4.38. The van der Waals surface area contributed by atoms with Crippen molar-refractivity contribution in [2.75, 3.05) is 9.80 Å². The molecule has 0 aromatic heterocycles. The van der Waals surface area contributed by atoms with Gasteiger partial charge < -0.3 is 9.80 Å². The standard InChI is InChI=1S/C46H32N4/c47-33-37-17-27-44(28-18-37)50(45-29-19-38(34-48)20-30-45)46-31-23-40(24-32-46)39-21-13-35(14-22-39)11-12-36-15-25-43(26-16-36)49(41-7-3-1-4-8-41)42-9-5-2-6-10-42/h1-32H. The van der Waals surface area contributed by atoms with Crippen molar-refractivity contribution in [3.05, 3.63) is 204 Å². The van der Waals surface area contributed by atoms with Crippen LogP contribution in [0.15, 0.2) is 182 Å². The highest BCUT2D eigenvalue weighted by atomic mass is 15.1. The fraction of sp³-hybridized carbons (Fsp3) is 0. The van der Waals surface area contributed by atoms with E-state index in [1.165, 1.54) is 0 Å². The first-order chi connectivity index (χ1) is 24.7. The van der Waals surface area contributed by atoms with Gasteiger partial charge in [0.25, 0.3) is 0 Å². The van der Waals surface area contributed by atoms with E-state index in [0.29, 0.717) is 11.1 Å². The Bertz CT molecular complexity index is 2180. The monoisotopic (exact) mass is 640 g/mol. The molecule has 7 rings (SSSR count). The lowest BCUT2D eigenvalue weighted by Crippen LogP contribution is -2.09. The summed E-state index contributed by atoms with van der Waals surface area (Å²) in [5.74, 6) is 0. The third kappa shape index (κ3) is 7.06. The van der Waals surface area contributed by atoms with Gasteiger partial charge in [-0.2, -0.15) is 10.5 Å². The number of nitriles is 2. The maximum atomic E-state index is 9.29. The highest BCUT2D eigenvalue weighted by Gasteiger charge is 2.14. The van der Waals surface area contributed by atoms with Gasteiger partial charge in [-0.25, -0.2) is 0 Å². The van der Waals surface area contributed by atoms with E-state index in [0.717, 1.165) is 56.4 Å². The highest BCUT2D eigenvalue weighted by molar-refractivity contribution is 5.80. The molecule has 236 valence electrons. The predicted molar refractivity (Wildman–Crippen MR) is 206 cm³/mol. The van der Waals surface area contributed by atoms with Gasteiger partial charge in [-0.05, 0) is 119 Å². The zero-order valence-electron chi connectivity index (χ0n) is 27.3. The van der Waals surface area contributed by atoms with E-state index < -0.39 is 0 Å². The van der Waals surface area contributed by atoms with E-state index in [4.69, 9.17) is 0 Å². The largest absolute Gasteiger partial charge is 0.311 e. The number of anilines is 6. The van der Waals surface area contributed by atoms with Crippen LogP contribution < -0.4 is 9.80 Å². The quantitative estimate of drug-likeness (QED) is 0.147. The Morgan fingerprint density at radius 1 is 0.320 bits per heavy atom. The molecule has 0 amide bonds. The summed E-state index contributed by atoms with van der Waals surface area (Å²) in [5.41, 5.74) is 11.9. The zero-order chi connectivity index (χ0) is 34.1. The van der Waals surface area contributed by atoms with Crippen LogP contribution in [0.2, 0.25) is 0 Å². The van der Waals surface area contributed by atoms with Crippen molar-refractivity contribution in [1.82, 2.24) is 0 Å². The van der Waals surface area contributed by atoms with Gasteiger partial charge in [-0.1, -0.05) is 97.1 Å². The van der Waals surface area contributed by atoms with Crippen molar-refractivity contribution >= 4 is 46.3 Å². The molecule has 0 spiro atoms. The summed E-state index contributed by atoms with van der Waals surface area (Å²) < 4.78 is 0. The Balaban J connectivity index is 1.07. The Hall–Kier alpha value is -7.14. The lowest BCUT2D eigenvalue weighted by atomic mass is 10.0. The second-order valence-corrected chi connectivity index (χ2v) is 11.8. The molecule has 0 atom stereocenters. The molecule has 0 aliphatic carbocycles. The molecule has 4 nitrogen and oxygen atoms in total. The van der Waals surface area contributed by atoms with Crippen LogP contribution in [0.1, 0.15) is 22.3 Å². The lowest BCUT2D eigenvalue weighted by Gasteiger charge is -2.25. The molecule has 7 aromatic rings. The second kappa shape index (κ2) is 14.7. The predicted octanol–water partition coefficient (Wildman–Crippen LogP) is 12.2. The van der Waals surface area contributed by atoms with Gasteiger partial charge in [-0.3, -0.25) is 0 Å². The van der Waals surface area contributed by atoms with Crippen molar-refractivity contribution in [2.45, 2.75) is 0 Å². The summed E-state index contributed by atoms with van der Waals surface area (Å²) in [5, 5.41) is 18.6. The molecule has 0 aliphatic heterocycles. The number of nitrogens with zero attached hydrogens (tertiary/aromatic N) is 4. The van der Waals surface area contributed by atoms with E-state index in [2.05, 4.69) is 155 Å². The average molecular weight is 641 g/mol. The summed E-state index contributed by atoms with van der Waals surface area (Å²) in [6.45, 7) is 0. The van der Waals surface area contributed by atoms with Crippen LogP contribution in [0, 0.1) is 22.7 Å². The first-order valence-electron chi connectivity index (χ1n) is 16.4. The van der Waals surface area contributed by atoms with Crippen LogP contribution in [-0.2, 0) is 0 Å². The van der Waals surface area contributed by atoms with E-state index in [1.807, 2.05) is 60.7 Å². The zero-order valence-corrected chi connectivity index (χ0v) is 27.3. The Kier molecular flexibility index (Phi) is 9.27. The summed E-state index contributed by atoms with van der Waals surface area (Å²) in [6.07, 6.45) is 4.28. The minimum absolute atomic E-state index is 0.606. The molecule has 0 aliphatic rings. The molecule has 4 heteroatoms. The van der Waals surface area contributed by atoms with Crippen molar-refractivity contribution in [2.24, 2.45) is 0 Å². The van der Waals surface area contributed by atoms with Gasteiger partial charge in [-0.15, -0.1) is 0 Å². The molecule has 0 unspecified atom stereocenters. The maximum Gasteiger partial charge on any atom is 0.0991 e. The third-order valence-electron chi connectivity index (χ3n) is 8.53. The van der Waals surface area contributed by atoms with Gasteiger partial charge in [0.05, 0.1) is 23.3 Å². The number of rotatable bonds is 9. The topological polar surface area (TPSA) is 54.1 Å². The van der Waals surface area contributed by atoms with Crippen molar-refractivity contribution in [3.63, 3.8) is 0 Å². The molecule has 0 radical (unpaired) electrons. The summed E-state index contributed by atoms with van der Waals surface area (Å²) in [6, 6.07) is 65.9. The van der Waals surface area contributed by atoms with E-state index in [1.54, 1.807) is 0 Å². The molecule has 0 N–H and O–H groups in total. The molecule has 0 heterocycles. The highest BCUT2D eigenvalue weighted by Crippen LogP contribution is 2.37. The number of hydrogen-bond donors (Lipinski definition) is 0. The van der Waals surface area contributed by atoms with Crippen LogP contribution in [0.5, 0.6) is 0 Å². The molecular weight excluding hydrogens is 609 g/mol. The maximum absolute atomic E-state index is 9.29. The molecule has 0 bridgehead atoms. The second-order valence-electron chi connectivity index (χ2n) is 11.8.